The van der Waals surface area contributed by atoms with Crippen LogP contribution < -0.4 is 0 Å². The van der Waals surface area contributed by atoms with Crippen molar-refractivity contribution in [3.05, 3.63) is 28.2 Å². The van der Waals surface area contributed by atoms with Gasteiger partial charge in [0.1, 0.15) is 0 Å². The number of thiazole rings is 1. The second kappa shape index (κ2) is 4.86. The van der Waals surface area contributed by atoms with Crippen LogP contribution >= 0.6 is 22.9 Å². The van der Waals surface area contributed by atoms with Gasteiger partial charge in [0.15, 0.2) is 0 Å². The van der Waals surface area contributed by atoms with Gasteiger partial charge in [-0.2, -0.15) is 0 Å². The molecule has 0 unspecified atom stereocenters. The number of aliphatic carboxylic acids is 1. The van der Waals surface area contributed by atoms with Crippen LogP contribution in [-0.4, -0.2) is 16.1 Å². The Labute approximate surface area is 114 Å². The Bertz CT molecular complexity index is 592. The first-order valence-electron chi connectivity index (χ1n) is 5.62. The van der Waals surface area contributed by atoms with Gasteiger partial charge < -0.3 is 5.11 Å². The highest BCUT2D eigenvalue weighted by atomic mass is 35.5. The SMILES string of the molecule is CC(C)(CC(=O)O)Cc1nc2cc(Cl)ccc2s1. The third-order valence-electron chi connectivity index (χ3n) is 2.65. The summed E-state index contributed by atoms with van der Waals surface area (Å²) >= 11 is 7.51. The molecule has 0 bridgehead atoms. The highest BCUT2D eigenvalue weighted by Gasteiger charge is 2.24. The molecule has 1 N–H and O–H groups in total. The summed E-state index contributed by atoms with van der Waals surface area (Å²) in [5.74, 6) is -0.774. The Morgan fingerprint density at radius 3 is 2.89 bits per heavy atom. The molecule has 0 amide bonds. The van der Waals surface area contributed by atoms with E-state index in [0.717, 1.165) is 15.2 Å². The molecule has 2 aromatic rings. The van der Waals surface area contributed by atoms with Crippen molar-refractivity contribution in [3.8, 4) is 0 Å². The van der Waals surface area contributed by atoms with E-state index in [1.807, 2.05) is 32.0 Å². The van der Waals surface area contributed by atoms with Crippen molar-refractivity contribution in [1.29, 1.82) is 0 Å². The van der Waals surface area contributed by atoms with Crippen molar-refractivity contribution in [2.75, 3.05) is 0 Å². The summed E-state index contributed by atoms with van der Waals surface area (Å²) < 4.78 is 1.08. The normalized spacial score (nSPS) is 11.9. The summed E-state index contributed by atoms with van der Waals surface area (Å²) in [4.78, 5) is 15.3. The molecule has 0 aliphatic rings. The second-order valence-corrected chi connectivity index (χ2v) is 6.68. The molecule has 0 aliphatic carbocycles. The molecule has 5 heteroatoms. The maximum Gasteiger partial charge on any atom is 0.303 e. The smallest absolute Gasteiger partial charge is 0.303 e. The van der Waals surface area contributed by atoms with Gasteiger partial charge in [-0.25, -0.2) is 4.98 Å². The molecular formula is C13H14ClNO2S. The zero-order valence-corrected chi connectivity index (χ0v) is 11.8. The molecule has 1 aromatic carbocycles. The summed E-state index contributed by atoms with van der Waals surface area (Å²) in [5, 5.41) is 10.5. The van der Waals surface area contributed by atoms with E-state index >= 15 is 0 Å². The molecular weight excluding hydrogens is 270 g/mol. The minimum absolute atomic E-state index is 0.143. The number of halogens is 1. The van der Waals surface area contributed by atoms with E-state index in [1.165, 1.54) is 0 Å². The van der Waals surface area contributed by atoms with Gasteiger partial charge in [-0.1, -0.05) is 25.4 Å². The van der Waals surface area contributed by atoms with Crippen LogP contribution in [0, 0.1) is 5.41 Å². The third kappa shape index (κ3) is 3.21. The molecule has 0 atom stereocenters. The molecule has 0 saturated heterocycles. The van der Waals surface area contributed by atoms with E-state index < -0.39 is 5.97 Å². The van der Waals surface area contributed by atoms with Gasteiger partial charge in [-0.15, -0.1) is 11.3 Å². The molecule has 0 spiro atoms. The molecule has 0 aliphatic heterocycles. The van der Waals surface area contributed by atoms with Crippen LogP contribution in [0.3, 0.4) is 0 Å². The molecule has 18 heavy (non-hydrogen) atoms. The molecule has 0 saturated carbocycles. The number of carboxylic acids is 1. The van der Waals surface area contributed by atoms with E-state index in [1.54, 1.807) is 11.3 Å². The standard InChI is InChI=1S/C13H14ClNO2S/c1-13(2,7-12(16)17)6-11-15-9-5-8(14)3-4-10(9)18-11/h3-5H,6-7H2,1-2H3,(H,16,17). The van der Waals surface area contributed by atoms with Crippen LogP contribution in [0.15, 0.2) is 18.2 Å². The maximum atomic E-state index is 10.8. The van der Waals surface area contributed by atoms with Gasteiger partial charge in [0.25, 0.3) is 0 Å². The summed E-state index contributed by atoms with van der Waals surface area (Å²) in [6.45, 7) is 3.89. The van der Waals surface area contributed by atoms with Crippen LogP contribution in [-0.2, 0) is 11.2 Å². The van der Waals surface area contributed by atoms with E-state index in [4.69, 9.17) is 16.7 Å². The molecule has 1 aromatic heterocycles. The van der Waals surface area contributed by atoms with Gasteiger partial charge in [-0.3, -0.25) is 4.79 Å². The van der Waals surface area contributed by atoms with Crippen molar-refractivity contribution < 1.29 is 9.90 Å². The predicted octanol–water partition coefficient (Wildman–Crippen LogP) is 3.99. The number of fused-ring (bicyclic) bond motifs is 1. The minimum Gasteiger partial charge on any atom is -0.481 e. The van der Waals surface area contributed by atoms with Crippen molar-refractivity contribution >= 4 is 39.1 Å². The summed E-state index contributed by atoms with van der Waals surface area (Å²) in [5.41, 5.74) is 0.595. The number of hydrogen-bond acceptors (Lipinski definition) is 3. The van der Waals surface area contributed by atoms with Crippen LogP contribution in [0.1, 0.15) is 25.3 Å². The first-order chi connectivity index (χ1) is 8.35. The Kier molecular flexibility index (Phi) is 3.59. The van der Waals surface area contributed by atoms with Crippen LogP contribution in [0.25, 0.3) is 10.2 Å². The first kappa shape index (κ1) is 13.3. The van der Waals surface area contributed by atoms with Gasteiger partial charge in [0.2, 0.25) is 0 Å². The largest absolute Gasteiger partial charge is 0.481 e. The highest BCUT2D eigenvalue weighted by Crippen LogP contribution is 2.31. The molecule has 0 radical (unpaired) electrons. The fraction of sp³-hybridized carbons (Fsp3) is 0.385. The number of carboxylic acid groups (broad SMARTS) is 1. The van der Waals surface area contributed by atoms with Gasteiger partial charge in [0, 0.05) is 11.4 Å². The highest BCUT2D eigenvalue weighted by molar-refractivity contribution is 7.18. The van der Waals surface area contributed by atoms with Crippen LogP contribution in [0.4, 0.5) is 0 Å². The number of aromatic nitrogens is 1. The number of nitrogens with zero attached hydrogens (tertiary/aromatic N) is 1. The minimum atomic E-state index is -0.774. The Hall–Kier alpha value is -1.13. The molecule has 96 valence electrons. The lowest BCUT2D eigenvalue weighted by molar-refractivity contribution is -0.139. The van der Waals surface area contributed by atoms with Crippen molar-refractivity contribution in [2.45, 2.75) is 26.7 Å². The zero-order valence-electron chi connectivity index (χ0n) is 10.2. The number of rotatable bonds is 4. The molecule has 2 rings (SSSR count). The monoisotopic (exact) mass is 283 g/mol. The van der Waals surface area contributed by atoms with Gasteiger partial charge >= 0.3 is 5.97 Å². The van der Waals surface area contributed by atoms with Crippen molar-refractivity contribution in [3.63, 3.8) is 0 Å². The summed E-state index contributed by atoms with van der Waals surface area (Å²) in [6, 6.07) is 5.62. The number of carbonyl (C=O) groups is 1. The topological polar surface area (TPSA) is 50.2 Å². The Balaban J connectivity index is 2.24. The predicted molar refractivity (Wildman–Crippen MR) is 74.4 cm³/mol. The summed E-state index contributed by atoms with van der Waals surface area (Å²) in [6.07, 6.45) is 0.806. The number of benzene rings is 1. The third-order valence-corrected chi connectivity index (χ3v) is 3.92. The lowest BCUT2D eigenvalue weighted by atomic mass is 9.86. The van der Waals surface area contributed by atoms with Crippen LogP contribution in [0.5, 0.6) is 0 Å². The van der Waals surface area contributed by atoms with Crippen molar-refractivity contribution in [1.82, 2.24) is 4.98 Å². The quantitative estimate of drug-likeness (QED) is 0.923. The lowest BCUT2D eigenvalue weighted by Crippen LogP contribution is -2.19. The average molecular weight is 284 g/mol. The second-order valence-electron chi connectivity index (χ2n) is 5.13. The van der Waals surface area contributed by atoms with Crippen molar-refractivity contribution in [2.24, 2.45) is 5.41 Å². The molecule has 1 heterocycles. The van der Waals surface area contributed by atoms with Gasteiger partial charge in [-0.05, 0) is 23.6 Å². The molecule has 0 fully saturated rings. The number of hydrogen-bond donors (Lipinski definition) is 1. The van der Waals surface area contributed by atoms with E-state index in [-0.39, 0.29) is 11.8 Å². The first-order valence-corrected chi connectivity index (χ1v) is 6.82. The molecule has 3 nitrogen and oxygen atoms in total. The Morgan fingerprint density at radius 2 is 2.22 bits per heavy atom. The van der Waals surface area contributed by atoms with E-state index in [0.29, 0.717) is 11.4 Å². The average Bonchev–Trinajstić information content (AvgIpc) is 2.55. The maximum absolute atomic E-state index is 10.8. The summed E-state index contributed by atoms with van der Waals surface area (Å²) in [7, 11) is 0. The zero-order chi connectivity index (χ0) is 13.3. The van der Waals surface area contributed by atoms with E-state index in [9.17, 15) is 4.79 Å². The Morgan fingerprint density at radius 1 is 1.50 bits per heavy atom. The lowest BCUT2D eigenvalue weighted by Gasteiger charge is -2.20. The van der Waals surface area contributed by atoms with E-state index in [2.05, 4.69) is 4.98 Å². The fourth-order valence-electron chi connectivity index (χ4n) is 1.91. The van der Waals surface area contributed by atoms with Gasteiger partial charge in [0.05, 0.1) is 21.6 Å². The van der Waals surface area contributed by atoms with Crippen LogP contribution in [0.2, 0.25) is 5.02 Å². The fourth-order valence-corrected chi connectivity index (χ4v) is 3.28.